The van der Waals surface area contributed by atoms with Gasteiger partial charge in [0.05, 0.1) is 0 Å². The van der Waals surface area contributed by atoms with Crippen LogP contribution in [0.2, 0.25) is 0 Å². The van der Waals surface area contributed by atoms with Gasteiger partial charge in [0.25, 0.3) is 0 Å². The first kappa shape index (κ1) is 12.6. The molecule has 2 aliphatic heterocycles. The Hall–Kier alpha value is -1.42. The fraction of sp³-hybridized carbons (Fsp3) is 0.500. The van der Waals surface area contributed by atoms with Crippen LogP contribution in [0.1, 0.15) is 12.0 Å². The SMILES string of the molecule is O=C(CCl)N1CCC(Cc2ccc3c(c2)OCO3)C1. The predicted molar refractivity (Wildman–Crippen MR) is 71.7 cm³/mol. The molecule has 0 spiro atoms. The number of ether oxygens (including phenoxy) is 2. The number of likely N-dealkylation sites (tertiary alicyclic amines) is 1. The van der Waals surface area contributed by atoms with E-state index in [1.54, 1.807) is 0 Å². The number of benzene rings is 1. The van der Waals surface area contributed by atoms with Gasteiger partial charge in [-0.15, -0.1) is 11.6 Å². The molecule has 2 aliphatic rings. The van der Waals surface area contributed by atoms with Gasteiger partial charge in [0.15, 0.2) is 11.5 Å². The summed E-state index contributed by atoms with van der Waals surface area (Å²) in [5, 5.41) is 0. The van der Waals surface area contributed by atoms with Crippen LogP contribution in [0.25, 0.3) is 0 Å². The normalized spacial score (nSPS) is 20.9. The number of rotatable bonds is 3. The largest absolute Gasteiger partial charge is 0.454 e. The second kappa shape index (κ2) is 5.29. The Bertz CT molecular complexity index is 492. The quantitative estimate of drug-likeness (QED) is 0.796. The summed E-state index contributed by atoms with van der Waals surface area (Å²) in [6.45, 7) is 1.93. The van der Waals surface area contributed by atoms with Gasteiger partial charge in [0.2, 0.25) is 12.7 Å². The first-order chi connectivity index (χ1) is 9.26. The van der Waals surface area contributed by atoms with E-state index in [0.29, 0.717) is 12.7 Å². The molecule has 0 radical (unpaired) electrons. The van der Waals surface area contributed by atoms with Gasteiger partial charge in [-0.3, -0.25) is 4.79 Å². The monoisotopic (exact) mass is 281 g/mol. The summed E-state index contributed by atoms with van der Waals surface area (Å²) in [5.74, 6) is 2.26. The third-order valence-electron chi connectivity index (χ3n) is 3.71. The van der Waals surface area contributed by atoms with Gasteiger partial charge in [-0.05, 0) is 36.5 Å². The van der Waals surface area contributed by atoms with Gasteiger partial charge in [0.1, 0.15) is 5.88 Å². The van der Waals surface area contributed by atoms with Crippen molar-refractivity contribution in [2.75, 3.05) is 25.8 Å². The van der Waals surface area contributed by atoms with E-state index in [-0.39, 0.29) is 11.8 Å². The summed E-state index contributed by atoms with van der Waals surface area (Å²) in [7, 11) is 0. The van der Waals surface area contributed by atoms with E-state index in [4.69, 9.17) is 21.1 Å². The molecule has 102 valence electrons. The molecule has 1 saturated heterocycles. The van der Waals surface area contributed by atoms with Crippen molar-refractivity contribution in [2.24, 2.45) is 5.92 Å². The van der Waals surface area contributed by atoms with Crippen LogP contribution in [0.5, 0.6) is 11.5 Å². The van der Waals surface area contributed by atoms with E-state index in [1.807, 2.05) is 17.0 Å². The molecule has 1 atom stereocenters. The number of nitrogens with zero attached hydrogens (tertiary/aromatic N) is 1. The van der Waals surface area contributed by atoms with Crippen LogP contribution < -0.4 is 9.47 Å². The lowest BCUT2D eigenvalue weighted by molar-refractivity contribution is -0.127. The Morgan fingerprint density at radius 1 is 1.37 bits per heavy atom. The highest BCUT2D eigenvalue weighted by Gasteiger charge is 2.26. The molecule has 0 saturated carbocycles. The van der Waals surface area contributed by atoms with E-state index in [9.17, 15) is 4.79 Å². The molecule has 0 N–H and O–H groups in total. The zero-order chi connectivity index (χ0) is 13.2. The van der Waals surface area contributed by atoms with Gasteiger partial charge >= 0.3 is 0 Å². The van der Waals surface area contributed by atoms with Crippen LogP contribution in [0.3, 0.4) is 0 Å². The van der Waals surface area contributed by atoms with Crippen molar-refractivity contribution in [2.45, 2.75) is 12.8 Å². The molecule has 19 heavy (non-hydrogen) atoms. The molecular formula is C14H16ClNO3. The summed E-state index contributed by atoms with van der Waals surface area (Å²) < 4.78 is 10.7. The average molecular weight is 282 g/mol. The molecule has 4 nitrogen and oxygen atoms in total. The zero-order valence-electron chi connectivity index (χ0n) is 10.6. The first-order valence-electron chi connectivity index (χ1n) is 6.48. The number of carbonyl (C=O) groups is 1. The molecule has 0 aromatic heterocycles. The van der Waals surface area contributed by atoms with E-state index in [0.717, 1.165) is 37.4 Å². The molecule has 1 fully saturated rings. The summed E-state index contributed by atoms with van der Waals surface area (Å²) >= 11 is 5.58. The molecule has 5 heteroatoms. The van der Waals surface area contributed by atoms with E-state index >= 15 is 0 Å². The van der Waals surface area contributed by atoms with Gasteiger partial charge < -0.3 is 14.4 Å². The van der Waals surface area contributed by atoms with Crippen molar-refractivity contribution in [1.82, 2.24) is 4.90 Å². The zero-order valence-corrected chi connectivity index (χ0v) is 11.4. The molecule has 1 aromatic carbocycles. The Morgan fingerprint density at radius 3 is 3.05 bits per heavy atom. The minimum absolute atomic E-state index is 0.0369. The summed E-state index contributed by atoms with van der Waals surface area (Å²) in [6, 6.07) is 6.06. The van der Waals surface area contributed by atoms with E-state index in [2.05, 4.69) is 6.07 Å². The molecule has 1 amide bonds. The summed E-state index contributed by atoms with van der Waals surface area (Å²) in [4.78, 5) is 13.4. The molecule has 1 aromatic rings. The van der Waals surface area contributed by atoms with Gasteiger partial charge in [-0.1, -0.05) is 6.07 Å². The number of hydrogen-bond donors (Lipinski definition) is 0. The Labute approximate surface area is 117 Å². The number of halogens is 1. The Kier molecular flexibility index (Phi) is 3.51. The second-order valence-electron chi connectivity index (χ2n) is 5.02. The molecule has 3 rings (SSSR count). The third kappa shape index (κ3) is 2.63. The van der Waals surface area contributed by atoms with Crippen LogP contribution >= 0.6 is 11.6 Å². The lowest BCUT2D eigenvalue weighted by atomic mass is 9.98. The number of amides is 1. The van der Waals surface area contributed by atoms with Crippen LogP contribution in [0.4, 0.5) is 0 Å². The van der Waals surface area contributed by atoms with Crippen LogP contribution in [-0.2, 0) is 11.2 Å². The average Bonchev–Trinajstić information content (AvgIpc) is 3.06. The first-order valence-corrected chi connectivity index (χ1v) is 7.02. The molecule has 0 bridgehead atoms. The van der Waals surface area contributed by atoms with Crippen LogP contribution in [-0.4, -0.2) is 36.6 Å². The van der Waals surface area contributed by atoms with Crippen molar-refractivity contribution in [3.8, 4) is 11.5 Å². The van der Waals surface area contributed by atoms with Gasteiger partial charge in [-0.2, -0.15) is 0 Å². The predicted octanol–water partition coefficient (Wildman–Crippen LogP) is 2.05. The fourth-order valence-corrected chi connectivity index (χ4v) is 2.88. The highest BCUT2D eigenvalue weighted by atomic mass is 35.5. The Balaban J connectivity index is 1.62. The van der Waals surface area contributed by atoms with Crippen molar-refractivity contribution in [1.29, 1.82) is 0 Å². The van der Waals surface area contributed by atoms with Crippen molar-refractivity contribution in [3.63, 3.8) is 0 Å². The second-order valence-corrected chi connectivity index (χ2v) is 5.29. The summed E-state index contributed by atoms with van der Waals surface area (Å²) in [6.07, 6.45) is 2.00. The maximum absolute atomic E-state index is 11.5. The van der Waals surface area contributed by atoms with Crippen molar-refractivity contribution < 1.29 is 14.3 Å². The third-order valence-corrected chi connectivity index (χ3v) is 3.94. The number of carbonyl (C=O) groups excluding carboxylic acids is 1. The van der Waals surface area contributed by atoms with E-state index in [1.165, 1.54) is 5.56 Å². The highest BCUT2D eigenvalue weighted by molar-refractivity contribution is 6.27. The Morgan fingerprint density at radius 2 is 2.21 bits per heavy atom. The van der Waals surface area contributed by atoms with Crippen LogP contribution in [0, 0.1) is 5.92 Å². The molecule has 1 unspecified atom stereocenters. The van der Waals surface area contributed by atoms with E-state index < -0.39 is 0 Å². The molecule has 2 heterocycles. The lowest BCUT2D eigenvalue weighted by Crippen LogP contribution is -2.29. The minimum atomic E-state index is 0.0369. The molecular weight excluding hydrogens is 266 g/mol. The van der Waals surface area contributed by atoms with Gasteiger partial charge in [0, 0.05) is 13.1 Å². The van der Waals surface area contributed by atoms with Crippen LogP contribution in [0.15, 0.2) is 18.2 Å². The maximum atomic E-state index is 11.5. The smallest absolute Gasteiger partial charge is 0.237 e. The molecule has 0 aliphatic carbocycles. The minimum Gasteiger partial charge on any atom is -0.454 e. The topological polar surface area (TPSA) is 38.8 Å². The maximum Gasteiger partial charge on any atom is 0.237 e. The number of alkyl halides is 1. The highest BCUT2D eigenvalue weighted by Crippen LogP contribution is 2.33. The number of fused-ring (bicyclic) bond motifs is 1. The van der Waals surface area contributed by atoms with Crippen molar-refractivity contribution in [3.05, 3.63) is 23.8 Å². The van der Waals surface area contributed by atoms with Crippen molar-refractivity contribution >= 4 is 17.5 Å². The fourth-order valence-electron chi connectivity index (χ4n) is 2.71. The standard InChI is InChI=1S/C14H16ClNO3/c15-7-14(17)16-4-3-11(8-16)5-10-1-2-12-13(6-10)19-9-18-12/h1-2,6,11H,3-5,7-9H2. The van der Waals surface area contributed by atoms with Gasteiger partial charge in [-0.25, -0.2) is 0 Å². The summed E-state index contributed by atoms with van der Waals surface area (Å²) in [5.41, 5.74) is 1.23. The number of hydrogen-bond acceptors (Lipinski definition) is 3. The lowest BCUT2D eigenvalue weighted by Gasteiger charge is -2.15.